The van der Waals surface area contributed by atoms with Gasteiger partial charge in [0.2, 0.25) is 0 Å². The minimum absolute atomic E-state index is 0.127. The number of carbonyl (C=O) groups is 2. The summed E-state index contributed by atoms with van der Waals surface area (Å²) in [4.78, 5) is 42.8. The van der Waals surface area contributed by atoms with Crippen LogP contribution in [0.5, 0.6) is 0 Å². The number of allylic oxidation sites excluding steroid dienone is 20. The van der Waals surface area contributed by atoms with Crippen LogP contribution in [0.1, 0.15) is 129 Å². The molecule has 302 valence electrons. The summed E-state index contributed by atoms with van der Waals surface area (Å²) in [5.41, 5.74) is 0. The predicted molar refractivity (Wildman–Crippen MR) is 225 cm³/mol. The molecule has 0 radical (unpaired) electrons. The van der Waals surface area contributed by atoms with Gasteiger partial charge in [0.25, 0.3) is 0 Å². The third-order valence-electron chi connectivity index (χ3n) is 7.46. The van der Waals surface area contributed by atoms with Crippen molar-refractivity contribution >= 4 is 19.8 Å². The van der Waals surface area contributed by atoms with Gasteiger partial charge in [0.15, 0.2) is 6.10 Å². The van der Waals surface area contributed by atoms with Crippen LogP contribution in [0.15, 0.2) is 122 Å². The van der Waals surface area contributed by atoms with Gasteiger partial charge in [0, 0.05) is 12.8 Å². The van der Waals surface area contributed by atoms with Gasteiger partial charge in [-0.2, -0.15) is 0 Å². The molecule has 0 saturated carbocycles. The summed E-state index contributed by atoms with van der Waals surface area (Å²) in [7, 11) is -4.79. The van der Waals surface area contributed by atoms with Gasteiger partial charge < -0.3 is 19.3 Å². The van der Waals surface area contributed by atoms with Crippen molar-refractivity contribution in [2.75, 3.05) is 13.2 Å². The van der Waals surface area contributed by atoms with Crippen LogP contribution in [0, 0.1) is 0 Å². The summed E-state index contributed by atoms with van der Waals surface area (Å²) < 4.78 is 26.2. The topological polar surface area (TPSA) is 119 Å². The first-order valence-corrected chi connectivity index (χ1v) is 21.4. The molecule has 0 rings (SSSR count). The van der Waals surface area contributed by atoms with E-state index in [4.69, 9.17) is 19.3 Å². The number of phosphoric acid groups is 1. The van der Waals surface area contributed by atoms with Gasteiger partial charge in [-0.15, -0.1) is 0 Å². The molecule has 0 saturated heterocycles. The van der Waals surface area contributed by atoms with Crippen LogP contribution in [0.25, 0.3) is 0 Å². The fourth-order valence-corrected chi connectivity index (χ4v) is 4.92. The molecule has 9 heteroatoms. The summed E-state index contributed by atoms with van der Waals surface area (Å²) in [6, 6.07) is 0. The quantitative estimate of drug-likeness (QED) is 0.0287. The lowest BCUT2D eigenvalue weighted by Gasteiger charge is -2.18. The second-order valence-corrected chi connectivity index (χ2v) is 13.8. The lowest BCUT2D eigenvalue weighted by Crippen LogP contribution is -2.29. The van der Waals surface area contributed by atoms with Crippen molar-refractivity contribution in [1.29, 1.82) is 0 Å². The Bertz CT molecular complexity index is 1280. The van der Waals surface area contributed by atoms with Crippen LogP contribution in [0.4, 0.5) is 0 Å². The standard InChI is InChI=1S/C45H69O8P/c1-3-5-7-9-11-13-15-17-19-21-22-24-25-27-29-31-33-35-37-39-44(46)51-41-43(42-52-54(48,49)50)53-45(47)40-38-36-34-32-30-28-26-23-20-18-16-14-12-10-8-6-4-2/h5,7-8,10-11,13-14,16-17,19-20,22-24,27-30,33,35,43H,3-4,6,9,12,15,18,21,25-26,31-32,34,36-42H2,1-2H3,(H2,48,49,50)/b7-5+,10-8+,13-11+,16-14+,19-17+,23-20+,24-22+,29-27+,30-28+,35-33+/t43-/m1/s1. The van der Waals surface area contributed by atoms with Gasteiger partial charge in [0.05, 0.1) is 6.61 Å². The number of hydrogen-bond acceptors (Lipinski definition) is 6. The van der Waals surface area contributed by atoms with Crippen LogP contribution in [-0.4, -0.2) is 41.0 Å². The first kappa shape index (κ1) is 50.5. The Morgan fingerprint density at radius 1 is 0.500 bits per heavy atom. The van der Waals surface area contributed by atoms with E-state index in [1.54, 1.807) is 0 Å². The Hall–Kier alpha value is -3.55. The van der Waals surface area contributed by atoms with Gasteiger partial charge >= 0.3 is 19.8 Å². The fraction of sp³-hybridized carbons (Fsp3) is 0.511. The number of hydrogen-bond donors (Lipinski definition) is 2. The molecule has 0 aliphatic heterocycles. The fourth-order valence-electron chi connectivity index (χ4n) is 4.56. The molecule has 0 bridgehead atoms. The highest BCUT2D eigenvalue weighted by Crippen LogP contribution is 2.35. The number of phosphoric ester groups is 1. The summed E-state index contributed by atoms with van der Waals surface area (Å²) >= 11 is 0. The van der Waals surface area contributed by atoms with Gasteiger partial charge in [-0.25, -0.2) is 4.57 Å². The lowest BCUT2D eigenvalue weighted by atomic mass is 10.1. The maximum Gasteiger partial charge on any atom is 0.469 e. The number of ether oxygens (including phenoxy) is 2. The molecule has 2 N–H and O–H groups in total. The summed E-state index contributed by atoms with van der Waals surface area (Å²) in [6.07, 6.45) is 56.4. The molecular formula is C45H69O8P. The highest BCUT2D eigenvalue weighted by atomic mass is 31.2. The van der Waals surface area contributed by atoms with E-state index in [1.165, 1.54) is 6.42 Å². The molecule has 0 amide bonds. The highest BCUT2D eigenvalue weighted by Gasteiger charge is 2.22. The molecule has 0 unspecified atom stereocenters. The van der Waals surface area contributed by atoms with Crippen LogP contribution >= 0.6 is 7.82 Å². The Balaban J connectivity index is 4.17. The largest absolute Gasteiger partial charge is 0.469 e. The lowest BCUT2D eigenvalue weighted by molar-refractivity contribution is -0.161. The van der Waals surface area contributed by atoms with Crippen LogP contribution in [-0.2, 0) is 28.2 Å². The van der Waals surface area contributed by atoms with E-state index in [-0.39, 0.29) is 19.4 Å². The van der Waals surface area contributed by atoms with Crippen molar-refractivity contribution in [3.05, 3.63) is 122 Å². The minimum atomic E-state index is -4.79. The highest BCUT2D eigenvalue weighted by molar-refractivity contribution is 7.46. The van der Waals surface area contributed by atoms with Crippen molar-refractivity contribution in [2.24, 2.45) is 0 Å². The smallest absolute Gasteiger partial charge is 0.462 e. The van der Waals surface area contributed by atoms with E-state index < -0.39 is 32.5 Å². The third kappa shape index (κ3) is 41.2. The number of esters is 2. The van der Waals surface area contributed by atoms with Crippen molar-refractivity contribution in [1.82, 2.24) is 0 Å². The van der Waals surface area contributed by atoms with E-state index >= 15 is 0 Å². The van der Waals surface area contributed by atoms with Gasteiger partial charge in [-0.05, 0) is 89.9 Å². The minimum Gasteiger partial charge on any atom is -0.462 e. The molecule has 0 aromatic carbocycles. The van der Waals surface area contributed by atoms with Crippen molar-refractivity contribution in [3.8, 4) is 0 Å². The average Bonchev–Trinajstić information content (AvgIpc) is 3.14. The molecule has 0 aliphatic rings. The van der Waals surface area contributed by atoms with Crippen molar-refractivity contribution in [3.63, 3.8) is 0 Å². The average molecular weight is 769 g/mol. The van der Waals surface area contributed by atoms with E-state index in [1.807, 2.05) is 12.2 Å². The third-order valence-corrected chi connectivity index (χ3v) is 7.94. The zero-order valence-electron chi connectivity index (χ0n) is 33.1. The predicted octanol–water partition coefficient (Wildman–Crippen LogP) is 12.2. The number of carbonyl (C=O) groups excluding carboxylic acids is 2. The van der Waals surface area contributed by atoms with Gasteiger partial charge in [-0.1, -0.05) is 148 Å². The summed E-state index contributed by atoms with van der Waals surface area (Å²) in [5.74, 6) is -1.03. The second kappa shape index (κ2) is 39.2. The molecular weight excluding hydrogens is 699 g/mol. The summed E-state index contributed by atoms with van der Waals surface area (Å²) in [6.45, 7) is 3.38. The normalized spacial score (nSPS) is 13.8. The van der Waals surface area contributed by atoms with E-state index in [2.05, 4.69) is 128 Å². The van der Waals surface area contributed by atoms with Crippen molar-refractivity contribution in [2.45, 2.75) is 136 Å². The number of unbranched alkanes of at least 4 members (excludes halogenated alkanes) is 4. The molecule has 8 nitrogen and oxygen atoms in total. The Morgan fingerprint density at radius 3 is 1.37 bits per heavy atom. The maximum atomic E-state index is 12.4. The zero-order valence-corrected chi connectivity index (χ0v) is 34.0. The first-order chi connectivity index (χ1) is 26.3. The van der Waals surface area contributed by atoms with Crippen LogP contribution in [0.3, 0.4) is 0 Å². The van der Waals surface area contributed by atoms with Crippen LogP contribution < -0.4 is 0 Å². The Labute approximate surface area is 327 Å². The molecule has 54 heavy (non-hydrogen) atoms. The van der Waals surface area contributed by atoms with Crippen molar-refractivity contribution < 1.29 is 37.9 Å². The Morgan fingerprint density at radius 2 is 0.926 bits per heavy atom. The first-order valence-electron chi connectivity index (χ1n) is 19.8. The molecule has 0 aliphatic carbocycles. The maximum absolute atomic E-state index is 12.4. The molecule has 1 atom stereocenters. The second-order valence-electron chi connectivity index (χ2n) is 12.5. The zero-order chi connectivity index (χ0) is 39.6. The SMILES string of the molecule is CC/C=C/C/C=C/C/C=C/C/C=C/C/C=C/C/C=C/CCC(=O)OC[C@H](COP(=O)(O)O)OC(=O)CCCCC/C=C/C/C=C/C/C=C/C/C=C/CCC. The number of rotatable bonds is 34. The molecule has 0 spiro atoms. The monoisotopic (exact) mass is 768 g/mol. The molecule has 0 aromatic heterocycles. The molecule has 0 fully saturated rings. The van der Waals surface area contributed by atoms with E-state index in [9.17, 15) is 14.2 Å². The molecule has 0 heterocycles. The van der Waals surface area contributed by atoms with E-state index in [0.29, 0.717) is 12.8 Å². The van der Waals surface area contributed by atoms with Gasteiger partial charge in [-0.3, -0.25) is 14.1 Å². The summed E-state index contributed by atoms with van der Waals surface area (Å²) in [5, 5.41) is 0. The molecule has 0 aromatic rings. The van der Waals surface area contributed by atoms with Crippen LogP contribution in [0.2, 0.25) is 0 Å². The van der Waals surface area contributed by atoms with Gasteiger partial charge in [0.1, 0.15) is 6.61 Å². The van der Waals surface area contributed by atoms with E-state index in [0.717, 1.165) is 83.5 Å². The Kier molecular flexibility index (Phi) is 36.6.